The van der Waals surface area contributed by atoms with Crippen molar-refractivity contribution in [1.29, 1.82) is 0 Å². The second kappa shape index (κ2) is 4.62. The fourth-order valence-corrected chi connectivity index (χ4v) is 3.43. The van der Waals surface area contributed by atoms with Gasteiger partial charge < -0.3 is 5.73 Å². The van der Waals surface area contributed by atoms with Crippen LogP contribution >= 0.6 is 0 Å². The van der Waals surface area contributed by atoms with Gasteiger partial charge in [0.2, 0.25) is 5.91 Å². The number of carbonyl (C=O) groups excluding carboxylic acids is 1. The molecule has 6 nitrogen and oxygen atoms in total. The predicted molar refractivity (Wildman–Crippen MR) is 81.0 cm³/mol. The average Bonchev–Trinajstić information content (AvgIpc) is 2.95. The Labute approximate surface area is 126 Å². The Hall–Kier alpha value is -2.76. The van der Waals surface area contributed by atoms with E-state index in [0.717, 1.165) is 35.1 Å². The number of aromatic nitrogens is 4. The minimum Gasteiger partial charge on any atom is -0.369 e. The molecule has 6 heteroatoms. The summed E-state index contributed by atoms with van der Waals surface area (Å²) in [5, 5.41) is 6.87. The second-order valence-corrected chi connectivity index (χ2v) is 5.71. The third-order valence-electron chi connectivity index (χ3n) is 4.71. The minimum absolute atomic E-state index is 0.0199. The standard InChI is InChI=1S/C16H15N5O/c17-15(22)16(10-2-1-7-18-8-10)6-5-11(16)12-3-4-13-14(20-12)9-19-21-13/h1-4,7-9,11H,5-6H2,(H2,17,22)(H,19,21). The summed E-state index contributed by atoms with van der Waals surface area (Å²) in [6, 6.07) is 7.64. The van der Waals surface area contributed by atoms with Gasteiger partial charge in [-0.1, -0.05) is 6.07 Å². The fourth-order valence-electron chi connectivity index (χ4n) is 3.43. The topological polar surface area (TPSA) is 97.6 Å². The van der Waals surface area contributed by atoms with Crippen LogP contribution in [0.3, 0.4) is 0 Å². The molecule has 22 heavy (non-hydrogen) atoms. The van der Waals surface area contributed by atoms with Crippen molar-refractivity contribution in [3.63, 3.8) is 0 Å². The molecule has 2 unspecified atom stereocenters. The van der Waals surface area contributed by atoms with E-state index in [0.29, 0.717) is 0 Å². The third-order valence-corrected chi connectivity index (χ3v) is 4.71. The van der Waals surface area contributed by atoms with Gasteiger partial charge in [0.1, 0.15) is 5.52 Å². The summed E-state index contributed by atoms with van der Waals surface area (Å²) in [6.07, 6.45) is 6.72. The van der Waals surface area contributed by atoms with Gasteiger partial charge in [-0.3, -0.25) is 14.9 Å². The number of nitrogens with zero attached hydrogens (tertiary/aromatic N) is 3. The zero-order valence-corrected chi connectivity index (χ0v) is 11.9. The smallest absolute Gasteiger partial charge is 0.228 e. The summed E-state index contributed by atoms with van der Waals surface area (Å²) >= 11 is 0. The van der Waals surface area contributed by atoms with Crippen LogP contribution in [-0.2, 0) is 10.2 Å². The van der Waals surface area contributed by atoms with Crippen molar-refractivity contribution in [2.24, 2.45) is 5.73 Å². The lowest BCUT2D eigenvalue weighted by molar-refractivity contribution is -0.127. The first-order chi connectivity index (χ1) is 10.7. The molecular weight excluding hydrogens is 278 g/mol. The first-order valence-electron chi connectivity index (χ1n) is 7.22. The van der Waals surface area contributed by atoms with Gasteiger partial charge in [0.25, 0.3) is 0 Å². The molecule has 0 aromatic carbocycles. The molecule has 0 bridgehead atoms. The number of amides is 1. The Morgan fingerprint density at radius 1 is 1.32 bits per heavy atom. The van der Waals surface area contributed by atoms with Crippen LogP contribution in [-0.4, -0.2) is 26.1 Å². The van der Waals surface area contributed by atoms with Crippen LogP contribution in [0.5, 0.6) is 0 Å². The van der Waals surface area contributed by atoms with Crippen molar-refractivity contribution in [3.05, 3.63) is 54.1 Å². The molecule has 0 radical (unpaired) electrons. The normalized spacial score (nSPS) is 24.1. The molecule has 2 atom stereocenters. The fraction of sp³-hybridized carbons (Fsp3) is 0.250. The van der Waals surface area contributed by atoms with E-state index in [-0.39, 0.29) is 11.8 Å². The van der Waals surface area contributed by atoms with Crippen LogP contribution in [0, 0.1) is 0 Å². The van der Waals surface area contributed by atoms with Crippen LogP contribution in [0.25, 0.3) is 11.0 Å². The van der Waals surface area contributed by atoms with Crippen molar-refractivity contribution in [2.45, 2.75) is 24.2 Å². The van der Waals surface area contributed by atoms with E-state index in [1.54, 1.807) is 18.6 Å². The van der Waals surface area contributed by atoms with E-state index in [1.165, 1.54) is 0 Å². The number of hydrogen-bond acceptors (Lipinski definition) is 4. The molecule has 3 aromatic heterocycles. The van der Waals surface area contributed by atoms with Crippen molar-refractivity contribution in [1.82, 2.24) is 20.2 Å². The molecule has 3 N–H and O–H groups in total. The highest BCUT2D eigenvalue weighted by Gasteiger charge is 2.54. The van der Waals surface area contributed by atoms with Gasteiger partial charge in [-0.15, -0.1) is 0 Å². The number of primary amides is 1. The van der Waals surface area contributed by atoms with E-state index in [1.807, 2.05) is 24.3 Å². The maximum Gasteiger partial charge on any atom is 0.228 e. The Kier molecular flexibility index (Phi) is 2.72. The number of nitrogens with two attached hydrogens (primary N) is 1. The molecule has 4 rings (SSSR count). The lowest BCUT2D eigenvalue weighted by Gasteiger charge is -2.47. The van der Waals surface area contributed by atoms with Crippen molar-refractivity contribution in [2.75, 3.05) is 0 Å². The first-order valence-corrected chi connectivity index (χ1v) is 7.22. The Morgan fingerprint density at radius 2 is 2.23 bits per heavy atom. The molecular formula is C16H15N5O. The summed E-state index contributed by atoms with van der Waals surface area (Å²) in [4.78, 5) is 21.0. The SMILES string of the molecule is NC(=O)C1(c2cccnc2)CCC1c1ccc2[nH]ncc2n1. The maximum atomic E-state index is 12.2. The molecule has 0 aliphatic heterocycles. The number of H-pyrrole nitrogens is 1. The maximum absolute atomic E-state index is 12.2. The molecule has 1 aliphatic carbocycles. The van der Waals surface area contributed by atoms with Gasteiger partial charge in [-0.25, -0.2) is 4.98 Å². The highest BCUT2D eigenvalue weighted by molar-refractivity contribution is 5.89. The molecule has 1 saturated carbocycles. The van der Waals surface area contributed by atoms with Gasteiger partial charge in [0.05, 0.1) is 17.1 Å². The van der Waals surface area contributed by atoms with Crippen LogP contribution in [0.15, 0.2) is 42.9 Å². The molecule has 1 fully saturated rings. The molecule has 1 amide bonds. The van der Waals surface area contributed by atoms with E-state index in [9.17, 15) is 4.79 Å². The highest BCUT2D eigenvalue weighted by atomic mass is 16.1. The lowest BCUT2D eigenvalue weighted by Crippen LogP contribution is -2.52. The largest absolute Gasteiger partial charge is 0.369 e. The van der Waals surface area contributed by atoms with Crippen LogP contribution in [0.4, 0.5) is 0 Å². The highest BCUT2D eigenvalue weighted by Crippen LogP contribution is 2.53. The molecule has 3 heterocycles. The number of hydrogen-bond donors (Lipinski definition) is 2. The summed E-state index contributed by atoms with van der Waals surface area (Å²) < 4.78 is 0. The van der Waals surface area contributed by atoms with E-state index < -0.39 is 5.41 Å². The van der Waals surface area contributed by atoms with Crippen molar-refractivity contribution >= 4 is 16.9 Å². The number of carbonyl (C=O) groups is 1. The summed E-state index contributed by atoms with van der Waals surface area (Å²) in [6.45, 7) is 0. The van der Waals surface area contributed by atoms with Crippen LogP contribution < -0.4 is 5.73 Å². The Bertz CT molecular complexity index is 844. The van der Waals surface area contributed by atoms with Gasteiger partial charge in [-0.05, 0) is 36.6 Å². The molecule has 1 aliphatic rings. The molecule has 0 spiro atoms. The lowest BCUT2D eigenvalue weighted by atomic mass is 9.55. The number of rotatable bonds is 3. The van der Waals surface area contributed by atoms with Crippen LogP contribution in [0.2, 0.25) is 0 Å². The monoisotopic (exact) mass is 293 g/mol. The third kappa shape index (κ3) is 1.67. The van der Waals surface area contributed by atoms with Crippen LogP contribution in [0.1, 0.15) is 30.0 Å². The number of nitrogens with one attached hydrogen (secondary N) is 1. The number of pyridine rings is 2. The quantitative estimate of drug-likeness (QED) is 0.767. The predicted octanol–water partition coefficient (Wildman–Crippen LogP) is 1.65. The number of aromatic amines is 1. The van der Waals surface area contributed by atoms with Gasteiger partial charge in [0, 0.05) is 24.0 Å². The van der Waals surface area contributed by atoms with Gasteiger partial charge >= 0.3 is 0 Å². The van der Waals surface area contributed by atoms with E-state index >= 15 is 0 Å². The van der Waals surface area contributed by atoms with E-state index in [4.69, 9.17) is 5.73 Å². The Morgan fingerprint density at radius 3 is 2.91 bits per heavy atom. The van der Waals surface area contributed by atoms with Gasteiger partial charge in [0.15, 0.2) is 0 Å². The summed E-state index contributed by atoms with van der Waals surface area (Å²) in [7, 11) is 0. The first kappa shape index (κ1) is 12.9. The average molecular weight is 293 g/mol. The van der Waals surface area contributed by atoms with E-state index in [2.05, 4.69) is 20.2 Å². The van der Waals surface area contributed by atoms with Crippen molar-refractivity contribution < 1.29 is 4.79 Å². The number of fused-ring (bicyclic) bond motifs is 1. The summed E-state index contributed by atoms with van der Waals surface area (Å²) in [5.74, 6) is -0.334. The molecule has 3 aromatic rings. The second-order valence-electron chi connectivity index (χ2n) is 5.71. The minimum atomic E-state index is -0.710. The zero-order chi connectivity index (χ0) is 15.2. The molecule has 110 valence electrons. The van der Waals surface area contributed by atoms with Gasteiger partial charge in [-0.2, -0.15) is 5.10 Å². The zero-order valence-electron chi connectivity index (χ0n) is 11.9. The van der Waals surface area contributed by atoms with Crippen molar-refractivity contribution in [3.8, 4) is 0 Å². The summed E-state index contributed by atoms with van der Waals surface area (Å²) in [5.41, 5.74) is 8.49. The molecule has 0 saturated heterocycles. The Balaban J connectivity index is 1.82.